The second-order valence-electron chi connectivity index (χ2n) is 5.88. The molecule has 0 saturated heterocycles. The lowest BCUT2D eigenvalue weighted by Gasteiger charge is -2.30. The van der Waals surface area contributed by atoms with E-state index in [2.05, 4.69) is 28.0 Å². The number of rotatable bonds is 3. The van der Waals surface area contributed by atoms with Crippen molar-refractivity contribution >= 4 is 23.8 Å². The fraction of sp³-hybridized carbons (Fsp3) is 0.562. The van der Waals surface area contributed by atoms with Crippen molar-refractivity contribution in [1.29, 1.82) is 0 Å². The van der Waals surface area contributed by atoms with E-state index in [1.165, 1.54) is 19.3 Å². The smallest absolute Gasteiger partial charge is 0.221 e. The highest BCUT2D eigenvalue weighted by atomic mass is 35.5. The van der Waals surface area contributed by atoms with Gasteiger partial charge in [-0.2, -0.15) is 0 Å². The van der Waals surface area contributed by atoms with Gasteiger partial charge in [-0.3, -0.25) is 4.99 Å². The van der Waals surface area contributed by atoms with Crippen LogP contribution in [-0.2, 0) is 5.54 Å². The molecule has 1 saturated carbocycles. The molecule has 1 fully saturated rings. The Bertz CT molecular complexity index is 576. The fourth-order valence-corrected chi connectivity index (χ4v) is 3.84. The van der Waals surface area contributed by atoms with Gasteiger partial charge in [0.05, 0.1) is 5.69 Å². The Hall–Kier alpha value is -1.42. The molecule has 1 unspecified atom stereocenters. The van der Waals surface area contributed by atoms with Crippen molar-refractivity contribution in [1.82, 2.24) is 9.97 Å². The first-order valence-corrected chi connectivity index (χ1v) is 8.10. The molecular formula is C16H21ClN4. The largest absolute Gasteiger partial charge is 0.368 e. The van der Waals surface area contributed by atoms with Crippen molar-refractivity contribution in [3.8, 4) is 0 Å². The lowest BCUT2D eigenvalue weighted by Crippen LogP contribution is -2.25. The van der Waals surface area contributed by atoms with Gasteiger partial charge < -0.3 is 5.73 Å². The molecule has 0 radical (unpaired) electrons. The second-order valence-corrected chi connectivity index (χ2v) is 6.24. The maximum atomic E-state index is 6.46. The highest BCUT2D eigenvalue weighted by Gasteiger charge is 2.37. The lowest BCUT2D eigenvalue weighted by atomic mass is 9.80. The number of nitrogen functional groups attached to an aromatic ring is 1. The van der Waals surface area contributed by atoms with Gasteiger partial charge in [0.2, 0.25) is 5.95 Å². The summed E-state index contributed by atoms with van der Waals surface area (Å²) in [6.07, 6.45) is 12.8. The first kappa shape index (κ1) is 14.5. The molecule has 2 N–H and O–H groups in total. The number of allylic oxidation sites excluding steroid dienone is 1. The molecule has 3 rings (SSSR count). The van der Waals surface area contributed by atoms with Crippen LogP contribution in [0.25, 0.3) is 0 Å². The zero-order valence-corrected chi connectivity index (χ0v) is 13.1. The molecule has 0 spiro atoms. The van der Waals surface area contributed by atoms with Gasteiger partial charge >= 0.3 is 0 Å². The van der Waals surface area contributed by atoms with E-state index >= 15 is 0 Å². The summed E-state index contributed by atoms with van der Waals surface area (Å²) >= 11 is 6.46. The molecule has 0 amide bonds. The molecule has 0 aromatic carbocycles. The van der Waals surface area contributed by atoms with Crippen molar-refractivity contribution in [2.24, 2.45) is 4.99 Å². The average Bonchev–Trinajstić information content (AvgIpc) is 2.97. The van der Waals surface area contributed by atoms with Crippen molar-refractivity contribution in [3.63, 3.8) is 0 Å². The molecule has 2 aliphatic rings. The van der Waals surface area contributed by atoms with Crippen molar-refractivity contribution in [2.45, 2.75) is 56.9 Å². The van der Waals surface area contributed by atoms with Gasteiger partial charge in [-0.25, -0.2) is 9.97 Å². The molecule has 0 bridgehead atoms. The Labute approximate surface area is 130 Å². The third-order valence-electron chi connectivity index (χ3n) is 4.64. The minimum Gasteiger partial charge on any atom is -0.368 e. The maximum Gasteiger partial charge on any atom is 0.221 e. The molecule has 21 heavy (non-hydrogen) atoms. The van der Waals surface area contributed by atoms with E-state index in [1.807, 2.05) is 12.3 Å². The predicted octanol–water partition coefficient (Wildman–Crippen LogP) is 4.01. The van der Waals surface area contributed by atoms with E-state index in [0.29, 0.717) is 11.1 Å². The summed E-state index contributed by atoms with van der Waals surface area (Å²) in [5.41, 5.74) is 7.40. The lowest BCUT2D eigenvalue weighted by molar-refractivity contribution is 0.425. The monoisotopic (exact) mass is 304 g/mol. The zero-order valence-electron chi connectivity index (χ0n) is 12.3. The van der Waals surface area contributed by atoms with Gasteiger partial charge in [0, 0.05) is 17.7 Å². The summed E-state index contributed by atoms with van der Waals surface area (Å²) in [5.74, 6) is 0.686. The Morgan fingerprint density at radius 1 is 1.29 bits per heavy atom. The van der Waals surface area contributed by atoms with Crippen LogP contribution in [0, 0.1) is 0 Å². The number of aliphatic imine (C=N–C) groups is 1. The summed E-state index contributed by atoms with van der Waals surface area (Å²) in [5, 5.41) is 0.452. The summed E-state index contributed by atoms with van der Waals surface area (Å²) in [6.45, 7) is 2.12. The number of anilines is 1. The molecule has 1 atom stereocenters. The Kier molecular flexibility index (Phi) is 3.98. The third kappa shape index (κ3) is 2.57. The van der Waals surface area contributed by atoms with E-state index in [4.69, 9.17) is 17.3 Å². The van der Waals surface area contributed by atoms with Gasteiger partial charge in [0.15, 0.2) is 0 Å². The normalized spacial score (nSPS) is 25.6. The SMILES string of the molecule is CCC1(c2c(Cl)nc(N)nc2C2CCCCC2)C=CC=N1. The van der Waals surface area contributed by atoms with Gasteiger partial charge in [0.25, 0.3) is 0 Å². The van der Waals surface area contributed by atoms with Crippen molar-refractivity contribution < 1.29 is 0 Å². The number of nitrogens with zero attached hydrogens (tertiary/aromatic N) is 3. The summed E-state index contributed by atoms with van der Waals surface area (Å²) in [7, 11) is 0. The van der Waals surface area contributed by atoms with Crippen LogP contribution in [0.1, 0.15) is 62.6 Å². The number of nitrogens with two attached hydrogens (primary N) is 1. The third-order valence-corrected chi connectivity index (χ3v) is 4.91. The van der Waals surface area contributed by atoms with Crippen LogP contribution in [-0.4, -0.2) is 16.2 Å². The molecule has 1 aliphatic carbocycles. The average molecular weight is 305 g/mol. The highest BCUT2D eigenvalue weighted by molar-refractivity contribution is 6.30. The molecule has 1 aromatic rings. The molecule has 1 aromatic heterocycles. The first-order valence-electron chi connectivity index (χ1n) is 7.73. The summed E-state index contributed by atoms with van der Waals surface area (Å²) in [4.78, 5) is 13.4. The van der Waals surface area contributed by atoms with Crippen LogP contribution in [0.2, 0.25) is 5.15 Å². The van der Waals surface area contributed by atoms with Gasteiger partial charge in [-0.05, 0) is 25.3 Å². The van der Waals surface area contributed by atoms with Crippen LogP contribution in [0.5, 0.6) is 0 Å². The molecule has 4 nitrogen and oxygen atoms in total. The number of hydrogen-bond acceptors (Lipinski definition) is 4. The minimum atomic E-state index is -0.419. The Morgan fingerprint density at radius 2 is 2.05 bits per heavy atom. The van der Waals surface area contributed by atoms with E-state index in [9.17, 15) is 0 Å². The van der Waals surface area contributed by atoms with E-state index in [0.717, 1.165) is 30.5 Å². The van der Waals surface area contributed by atoms with Crippen LogP contribution in [0.4, 0.5) is 5.95 Å². The van der Waals surface area contributed by atoms with Gasteiger partial charge in [0.1, 0.15) is 10.7 Å². The quantitative estimate of drug-likeness (QED) is 0.858. The molecule has 5 heteroatoms. The summed E-state index contributed by atoms with van der Waals surface area (Å²) < 4.78 is 0. The maximum absolute atomic E-state index is 6.46. The van der Waals surface area contributed by atoms with Gasteiger partial charge in [-0.1, -0.05) is 43.9 Å². The molecule has 2 heterocycles. The molecular weight excluding hydrogens is 284 g/mol. The topological polar surface area (TPSA) is 64.2 Å². The zero-order chi connectivity index (χ0) is 14.9. The van der Waals surface area contributed by atoms with Crippen molar-refractivity contribution in [2.75, 3.05) is 5.73 Å². The van der Waals surface area contributed by atoms with E-state index in [1.54, 1.807) is 0 Å². The number of halogens is 1. The second kappa shape index (κ2) is 5.76. The van der Waals surface area contributed by atoms with Crippen molar-refractivity contribution in [3.05, 3.63) is 28.6 Å². The van der Waals surface area contributed by atoms with Crippen LogP contribution in [0.15, 0.2) is 17.1 Å². The van der Waals surface area contributed by atoms with E-state index in [-0.39, 0.29) is 5.95 Å². The number of hydrogen-bond donors (Lipinski definition) is 1. The fourth-order valence-electron chi connectivity index (χ4n) is 3.49. The van der Waals surface area contributed by atoms with Crippen LogP contribution in [0.3, 0.4) is 0 Å². The highest BCUT2D eigenvalue weighted by Crippen LogP contribution is 2.44. The van der Waals surface area contributed by atoms with Crippen LogP contribution >= 0.6 is 11.6 Å². The first-order chi connectivity index (χ1) is 10.2. The minimum absolute atomic E-state index is 0.265. The molecule has 112 valence electrons. The van der Waals surface area contributed by atoms with Gasteiger partial charge in [-0.15, -0.1) is 0 Å². The number of aromatic nitrogens is 2. The standard InChI is InChI=1S/C16H21ClN4/c1-2-16(9-6-10-19-16)12-13(11-7-4-3-5-8-11)20-15(18)21-14(12)17/h6,9-11H,2-5,7-8H2,1H3,(H2,18,20,21). The predicted molar refractivity (Wildman–Crippen MR) is 86.9 cm³/mol. The van der Waals surface area contributed by atoms with Crippen LogP contribution < -0.4 is 5.73 Å². The molecule has 1 aliphatic heterocycles. The Morgan fingerprint density at radius 3 is 2.67 bits per heavy atom. The Balaban J connectivity index is 2.14. The summed E-state index contributed by atoms with van der Waals surface area (Å²) in [6, 6.07) is 0. The van der Waals surface area contributed by atoms with E-state index < -0.39 is 5.54 Å².